The van der Waals surface area contributed by atoms with Crippen molar-refractivity contribution in [2.45, 2.75) is 37.2 Å². The topological polar surface area (TPSA) is 48.4 Å². The molecule has 4 heteroatoms. The Bertz CT molecular complexity index is 480. The first-order valence-electron chi connectivity index (χ1n) is 6.88. The van der Waals surface area contributed by atoms with Gasteiger partial charge in [-0.2, -0.15) is 0 Å². The highest BCUT2D eigenvalue weighted by atomic mass is 16.5. The zero-order chi connectivity index (χ0) is 13.3. The van der Waals surface area contributed by atoms with Gasteiger partial charge < -0.3 is 9.47 Å². The Labute approximate surface area is 113 Å². The fourth-order valence-electron chi connectivity index (χ4n) is 3.24. The number of fused-ring (bicyclic) bond motifs is 1. The van der Waals surface area contributed by atoms with Crippen LogP contribution in [0.1, 0.15) is 36.4 Å². The maximum Gasteiger partial charge on any atom is 0.173 e. The van der Waals surface area contributed by atoms with Crippen LogP contribution in [0.3, 0.4) is 0 Å². The largest absolute Gasteiger partial charge is 0.381 e. The molecule has 102 valence electrons. The molecule has 19 heavy (non-hydrogen) atoms. The van der Waals surface area contributed by atoms with Crippen molar-refractivity contribution in [2.24, 2.45) is 0 Å². The number of pyridine rings is 1. The Morgan fingerprint density at radius 2 is 2.26 bits per heavy atom. The number of nitrogens with zero attached hydrogens (tertiary/aromatic N) is 1. The van der Waals surface area contributed by atoms with E-state index in [2.05, 4.69) is 11.1 Å². The molecule has 1 atom stereocenters. The van der Waals surface area contributed by atoms with Gasteiger partial charge in [-0.1, -0.05) is 6.07 Å². The maximum absolute atomic E-state index is 12.9. The third kappa shape index (κ3) is 2.09. The molecule has 0 spiro atoms. The summed E-state index contributed by atoms with van der Waals surface area (Å²) in [5.41, 5.74) is 1.50. The van der Waals surface area contributed by atoms with E-state index in [9.17, 15) is 4.79 Å². The van der Waals surface area contributed by atoms with Crippen molar-refractivity contribution in [3.8, 4) is 0 Å². The summed E-state index contributed by atoms with van der Waals surface area (Å²) in [7, 11) is 1.64. The lowest BCUT2D eigenvalue weighted by Gasteiger charge is -2.36. The Hall–Kier alpha value is -1.26. The molecule has 0 aromatic carbocycles. The van der Waals surface area contributed by atoms with Gasteiger partial charge in [-0.3, -0.25) is 9.78 Å². The van der Waals surface area contributed by atoms with E-state index in [4.69, 9.17) is 9.47 Å². The van der Waals surface area contributed by atoms with Gasteiger partial charge in [-0.05, 0) is 24.5 Å². The van der Waals surface area contributed by atoms with Gasteiger partial charge in [0.25, 0.3) is 0 Å². The van der Waals surface area contributed by atoms with Crippen LogP contribution in [-0.4, -0.2) is 36.7 Å². The lowest BCUT2D eigenvalue weighted by Crippen LogP contribution is -2.47. The predicted molar refractivity (Wildman–Crippen MR) is 70.1 cm³/mol. The zero-order valence-electron chi connectivity index (χ0n) is 11.2. The molecular weight excluding hydrogens is 242 g/mol. The minimum atomic E-state index is -0.665. The molecule has 0 N–H and O–H groups in total. The molecule has 0 saturated carbocycles. The highest BCUT2D eigenvalue weighted by Crippen LogP contribution is 2.38. The molecule has 4 nitrogen and oxygen atoms in total. The van der Waals surface area contributed by atoms with Gasteiger partial charge in [-0.15, -0.1) is 0 Å². The van der Waals surface area contributed by atoms with Crippen LogP contribution < -0.4 is 0 Å². The second-order valence-corrected chi connectivity index (χ2v) is 5.31. The second-order valence-electron chi connectivity index (χ2n) is 5.31. The number of ether oxygens (including phenoxy) is 2. The summed E-state index contributed by atoms with van der Waals surface area (Å²) in [6, 6.07) is 4.01. The number of hydrogen-bond donors (Lipinski definition) is 0. The average Bonchev–Trinajstić information content (AvgIpc) is 2.91. The van der Waals surface area contributed by atoms with Crippen molar-refractivity contribution in [3.63, 3.8) is 0 Å². The molecule has 1 saturated heterocycles. The normalized spacial score (nSPS) is 25.0. The van der Waals surface area contributed by atoms with Gasteiger partial charge in [0.05, 0.1) is 11.6 Å². The van der Waals surface area contributed by atoms with Crippen molar-refractivity contribution < 1.29 is 14.3 Å². The molecule has 0 bridgehead atoms. The van der Waals surface area contributed by atoms with Crippen LogP contribution in [0.2, 0.25) is 0 Å². The molecule has 2 heterocycles. The van der Waals surface area contributed by atoms with Crippen LogP contribution >= 0.6 is 0 Å². The van der Waals surface area contributed by atoms with E-state index in [1.54, 1.807) is 13.3 Å². The number of rotatable bonds is 3. The van der Waals surface area contributed by atoms with Crippen LogP contribution in [0, 0.1) is 0 Å². The maximum atomic E-state index is 12.9. The Morgan fingerprint density at radius 3 is 3.00 bits per heavy atom. The average molecular weight is 261 g/mol. The molecule has 1 aliphatic carbocycles. The third-order valence-corrected chi connectivity index (χ3v) is 4.42. The minimum absolute atomic E-state index is 0.103. The van der Waals surface area contributed by atoms with E-state index < -0.39 is 5.60 Å². The van der Waals surface area contributed by atoms with Crippen molar-refractivity contribution >= 4 is 5.78 Å². The van der Waals surface area contributed by atoms with Gasteiger partial charge in [-0.25, -0.2) is 0 Å². The van der Waals surface area contributed by atoms with Gasteiger partial charge in [0.15, 0.2) is 5.78 Å². The van der Waals surface area contributed by atoms with Gasteiger partial charge in [0.2, 0.25) is 0 Å². The number of carbonyl (C=O) groups excluding carboxylic acids is 1. The van der Waals surface area contributed by atoms with Crippen LogP contribution in [-0.2, 0) is 20.7 Å². The van der Waals surface area contributed by atoms with Crippen LogP contribution in [0.15, 0.2) is 18.3 Å². The quantitative estimate of drug-likeness (QED) is 0.833. The molecule has 3 rings (SSSR count). The summed E-state index contributed by atoms with van der Waals surface area (Å²) in [6.45, 7) is 1.20. The number of carbonyl (C=O) groups is 1. The number of ketones is 1. The fraction of sp³-hybridized carbons (Fsp3) is 0.600. The highest BCUT2D eigenvalue weighted by molar-refractivity contribution is 5.93. The summed E-state index contributed by atoms with van der Waals surface area (Å²) in [5, 5.41) is 0. The summed E-state index contributed by atoms with van der Waals surface area (Å²) in [6.07, 6.45) is 4.88. The van der Waals surface area contributed by atoms with Crippen LogP contribution in [0.5, 0.6) is 0 Å². The van der Waals surface area contributed by atoms with Crippen LogP contribution in [0.4, 0.5) is 0 Å². The second kappa shape index (κ2) is 5.02. The molecule has 1 aromatic rings. The van der Waals surface area contributed by atoms with E-state index in [1.165, 1.54) is 5.56 Å². The SMILES string of the molecule is COC1(C(=O)C2CCc3cccnc32)CCOCC1. The Balaban J connectivity index is 1.88. The molecule has 1 fully saturated rings. The van der Waals surface area contributed by atoms with E-state index in [0.717, 1.165) is 18.5 Å². The summed E-state index contributed by atoms with van der Waals surface area (Å²) < 4.78 is 11.0. The predicted octanol–water partition coefficient (Wildman–Crippen LogP) is 1.88. The number of methoxy groups -OCH3 is 1. The standard InChI is InChI=1S/C15H19NO3/c1-18-15(6-9-19-10-7-15)14(17)12-5-4-11-3-2-8-16-13(11)12/h2-3,8,12H,4-7,9-10H2,1H3. The van der Waals surface area contributed by atoms with E-state index >= 15 is 0 Å². The Morgan fingerprint density at radius 1 is 1.47 bits per heavy atom. The van der Waals surface area contributed by atoms with Crippen LogP contribution in [0.25, 0.3) is 0 Å². The first-order valence-corrected chi connectivity index (χ1v) is 6.88. The lowest BCUT2D eigenvalue weighted by atomic mass is 9.81. The summed E-state index contributed by atoms with van der Waals surface area (Å²) in [4.78, 5) is 17.3. The smallest absolute Gasteiger partial charge is 0.173 e. The molecule has 1 unspecified atom stereocenters. The minimum Gasteiger partial charge on any atom is -0.381 e. The monoisotopic (exact) mass is 261 g/mol. The molecule has 1 aromatic heterocycles. The first-order chi connectivity index (χ1) is 9.27. The number of aromatic nitrogens is 1. The van der Waals surface area contributed by atoms with Gasteiger partial charge in [0.1, 0.15) is 5.60 Å². The number of Topliss-reactive ketones (excluding diaryl/α,β-unsaturated/α-hetero) is 1. The third-order valence-electron chi connectivity index (χ3n) is 4.42. The Kier molecular flexibility index (Phi) is 3.37. The fourth-order valence-corrected chi connectivity index (χ4v) is 3.24. The number of hydrogen-bond acceptors (Lipinski definition) is 4. The first kappa shape index (κ1) is 12.8. The summed E-state index contributed by atoms with van der Waals surface area (Å²) in [5.74, 6) is 0.0880. The summed E-state index contributed by atoms with van der Waals surface area (Å²) >= 11 is 0. The molecular formula is C15H19NO3. The van der Waals surface area contributed by atoms with Crippen molar-refractivity contribution in [1.82, 2.24) is 4.98 Å². The number of aryl methyl sites for hydroxylation is 1. The lowest BCUT2D eigenvalue weighted by molar-refractivity contribution is -0.154. The molecule has 0 amide bonds. The van der Waals surface area contributed by atoms with Gasteiger partial charge in [0, 0.05) is 39.4 Å². The highest BCUT2D eigenvalue weighted by Gasteiger charge is 2.45. The molecule has 1 aliphatic heterocycles. The van der Waals surface area contributed by atoms with Gasteiger partial charge >= 0.3 is 0 Å². The van der Waals surface area contributed by atoms with Crippen molar-refractivity contribution in [3.05, 3.63) is 29.6 Å². The van der Waals surface area contributed by atoms with E-state index in [1.807, 2.05) is 6.07 Å². The van der Waals surface area contributed by atoms with Crippen molar-refractivity contribution in [2.75, 3.05) is 20.3 Å². The molecule has 0 radical (unpaired) electrons. The zero-order valence-corrected chi connectivity index (χ0v) is 11.2. The van der Waals surface area contributed by atoms with E-state index in [-0.39, 0.29) is 11.7 Å². The molecule has 2 aliphatic rings. The van der Waals surface area contributed by atoms with E-state index in [0.29, 0.717) is 26.1 Å². The van der Waals surface area contributed by atoms with Crippen molar-refractivity contribution in [1.29, 1.82) is 0 Å².